The largest absolute Gasteiger partial charge is 0.362 e. The van der Waals surface area contributed by atoms with Crippen LogP contribution in [0.25, 0.3) is 0 Å². The van der Waals surface area contributed by atoms with E-state index in [9.17, 15) is 0 Å². The molecule has 0 aromatic carbocycles. The molecule has 4 fully saturated rings. The highest BCUT2D eigenvalue weighted by molar-refractivity contribution is 5.30. The van der Waals surface area contributed by atoms with Gasteiger partial charge in [0.2, 0.25) is 0 Å². The summed E-state index contributed by atoms with van der Waals surface area (Å²) < 4.78 is 6.04. The molecule has 1 heteroatoms. The maximum Gasteiger partial charge on any atom is 0.101 e. The van der Waals surface area contributed by atoms with Crippen molar-refractivity contribution in [3.8, 4) is 0 Å². The summed E-state index contributed by atoms with van der Waals surface area (Å²) in [5, 5.41) is 0. The molecule has 1 aliphatic heterocycles. The first-order valence-corrected chi connectivity index (χ1v) is 5.07. The van der Waals surface area contributed by atoms with Gasteiger partial charge in [-0.15, -0.1) is 0 Å². The van der Waals surface area contributed by atoms with Crippen molar-refractivity contribution in [1.82, 2.24) is 0 Å². The smallest absolute Gasteiger partial charge is 0.101 e. The molecule has 4 aliphatic rings. The summed E-state index contributed by atoms with van der Waals surface area (Å²) in [4.78, 5) is 0. The Kier molecular flexibility index (Phi) is 0.651. The van der Waals surface area contributed by atoms with Crippen LogP contribution in [0.1, 0.15) is 38.5 Å². The normalized spacial score (nSPS) is 69.8. The molecule has 0 aromatic heterocycles. The average Bonchev–Trinajstić information content (AvgIpc) is 2.36. The number of ether oxygens (including phenoxy) is 1. The van der Waals surface area contributed by atoms with E-state index >= 15 is 0 Å². The van der Waals surface area contributed by atoms with Gasteiger partial charge in [-0.2, -0.15) is 0 Å². The second-order valence-electron chi connectivity index (χ2n) is 4.99. The average molecular weight is 150 g/mol. The van der Waals surface area contributed by atoms with Crippen molar-refractivity contribution in [2.45, 2.75) is 49.7 Å². The first kappa shape index (κ1) is 5.58. The van der Waals surface area contributed by atoms with Gasteiger partial charge in [0.05, 0.1) is 5.60 Å². The van der Waals surface area contributed by atoms with Crippen LogP contribution < -0.4 is 0 Å². The number of epoxide rings is 1. The molecule has 1 saturated heterocycles. The number of hydrogen-bond acceptors (Lipinski definition) is 1. The van der Waals surface area contributed by atoms with Crippen molar-refractivity contribution < 1.29 is 4.74 Å². The standard InChI is InChI=1S/C10H14O/c1-2-8-7-3-5-9(6-7)10(8,4-1)11-9/h7-8H,1-6H2. The molecule has 0 radical (unpaired) electrons. The fraction of sp³-hybridized carbons (Fsp3) is 1.00. The van der Waals surface area contributed by atoms with E-state index in [0.29, 0.717) is 11.2 Å². The van der Waals surface area contributed by atoms with Crippen LogP contribution in [-0.4, -0.2) is 11.2 Å². The molecule has 2 bridgehead atoms. The summed E-state index contributed by atoms with van der Waals surface area (Å²) in [6.45, 7) is 0. The molecule has 4 rings (SSSR count). The van der Waals surface area contributed by atoms with Crippen molar-refractivity contribution >= 4 is 0 Å². The third-order valence-electron chi connectivity index (χ3n) is 4.85. The summed E-state index contributed by atoms with van der Waals surface area (Å²) in [6.07, 6.45) is 8.63. The van der Waals surface area contributed by atoms with Gasteiger partial charge in [0.15, 0.2) is 0 Å². The second kappa shape index (κ2) is 1.28. The Morgan fingerprint density at radius 2 is 2.18 bits per heavy atom. The van der Waals surface area contributed by atoms with Crippen LogP contribution in [0.2, 0.25) is 0 Å². The van der Waals surface area contributed by atoms with E-state index < -0.39 is 0 Å². The zero-order chi connectivity index (χ0) is 7.10. The quantitative estimate of drug-likeness (QED) is 0.482. The van der Waals surface area contributed by atoms with Crippen molar-refractivity contribution in [2.75, 3.05) is 0 Å². The van der Waals surface area contributed by atoms with E-state index in [1.54, 1.807) is 0 Å². The first-order valence-electron chi connectivity index (χ1n) is 5.07. The predicted octanol–water partition coefficient (Wildman–Crippen LogP) is 2.11. The lowest BCUT2D eigenvalue weighted by molar-refractivity contribution is 0.168. The summed E-state index contributed by atoms with van der Waals surface area (Å²) in [6, 6.07) is 0. The molecule has 60 valence electrons. The molecular weight excluding hydrogens is 136 g/mol. The van der Waals surface area contributed by atoms with Gasteiger partial charge >= 0.3 is 0 Å². The molecule has 11 heavy (non-hydrogen) atoms. The van der Waals surface area contributed by atoms with Crippen molar-refractivity contribution in [3.05, 3.63) is 0 Å². The molecule has 2 spiro atoms. The van der Waals surface area contributed by atoms with Gasteiger partial charge in [0.25, 0.3) is 0 Å². The molecule has 1 nitrogen and oxygen atoms in total. The first-order chi connectivity index (χ1) is 5.36. The van der Waals surface area contributed by atoms with E-state index in [4.69, 9.17) is 4.74 Å². The maximum absolute atomic E-state index is 6.04. The number of hydrogen-bond donors (Lipinski definition) is 0. The molecule has 1 heterocycles. The fourth-order valence-electron chi connectivity index (χ4n) is 4.50. The van der Waals surface area contributed by atoms with Crippen LogP contribution in [0.15, 0.2) is 0 Å². The van der Waals surface area contributed by atoms with Crippen LogP contribution in [0.3, 0.4) is 0 Å². The minimum Gasteiger partial charge on any atom is -0.362 e. The zero-order valence-electron chi connectivity index (χ0n) is 6.81. The molecule has 3 aliphatic carbocycles. The van der Waals surface area contributed by atoms with Gasteiger partial charge in [-0.05, 0) is 43.9 Å². The SMILES string of the molecule is C1CC2C3CCC4(C3)OC24C1. The van der Waals surface area contributed by atoms with Crippen molar-refractivity contribution in [3.63, 3.8) is 0 Å². The van der Waals surface area contributed by atoms with Gasteiger partial charge in [-0.3, -0.25) is 0 Å². The lowest BCUT2D eigenvalue weighted by Gasteiger charge is -2.20. The molecule has 3 saturated carbocycles. The van der Waals surface area contributed by atoms with Gasteiger partial charge in [-0.1, -0.05) is 6.42 Å². The molecular formula is C10H14O. The Balaban J connectivity index is 1.90. The highest BCUT2D eigenvalue weighted by Gasteiger charge is 2.81. The van der Waals surface area contributed by atoms with E-state index in [-0.39, 0.29) is 0 Å². The Morgan fingerprint density at radius 3 is 3.09 bits per heavy atom. The van der Waals surface area contributed by atoms with Gasteiger partial charge in [0.1, 0.15) is 5.60 Å². The van der Waals surface area contributed by atoms with Crippen molar-refractivity contribution in [1.29, 1.82) is 0 Å². The highest BCUT2D eigenvalue weighted by Crippen LogP contribution is 2.76. The Hall–Kier alpha value is -0.0400. The molecule has 4 atom stereocenters. The van der Waals surface area contributed by atoms with Crippen molar-refractivity contribution in [2.24, 2.45) is 11.8 Å². The maximum atomic E-state index is 6.04. The van der Waals surface area contributed by atoms with Crippen LogP contribution in [0.5, 0.6) is 0 Å². The monoisotopic (exact) mass is 150 g/mol. The molecule has 0 amide bonds. The minimum atomic E-state index is 0.457. The third-order valence-corrected chi connectivity index (χ3v) is 4.85. The molecule has 4 unspecified atom stereocenters. The second-order valence-corrected chi connectivity index (χ2v) is 4.99. The van der Waals surface area contributed by atoms with Crippen LogP contribution in [-0.2, 0) is 4.74 Å². The Labute approximate surface area is 67.1 Å². The minimum absolute atomic E-state index is 0.457. The van der Waals surface area contributed by atoms with E-state index in [0.717, 1.165) is 11.8 Å². The summed E-state index contributed by atoms with van der Waals surface area (Å²) in [7, 11) is 0. The predicted molar refractivity (Wildman–Crippen MR) is 41.2 cm³/mol. The van der Waals surface area contributed by atoms with Crippen LogP contribution >= 0.6 is 0 Å². The Bertz CT molecular complexity index is 237. The lowest BCUT2D eigenvalue weighted by atomic mass is 9.82. The topological polar surface area (TPSA) is 12.5 Å². The highest BCUT2D eigenvalue weighted by atomic mass is 16.6. The number of rotatable bonds is 0. The fourth-order valence-corrected chi connectivity index (χ4v) is 4.50. The molecule has 0 aromatic rings. The Morgan fingerprint density at radius 1 is 1.18 bits per heavy atom. The number of fused-ring (bicyclic) bond motifs is 2. The van der Waals surface area contributed by atoms with E-state index in [2.05, 4.69) is 0 Å². The zero-order valence-corrected chi connectivity index (χ0v) is 6.81. The van der Waals surface area contributed by atoms with Gasteiger partial charge < -0.3 is 4.74 Å². The van der Waals surface area contributed by atoms with Gasteiger partial charge in [-0.25, -0.2) is 0 Å². The summed E-state index contributed by atoms with van der Waals surface area (Å²) in [5.74, 6) is 2.07. The van der Waals surface area contributed by atoms with Crippen LogP contribution in [0, 0.1) is 11.8 Å². The molecule has 0 N–H and O–H groups in total. The summed E-state index contributed by atoms with van der Waals surface area (Å²) in [5.41, 5.74) is 0.925. The van der Waals surface area contributed by atoms with Crippen LogP contribution in [0.4, 0.5) is 0 Å². The third kappa shape index (κ3) is 0.376. The van der Waals surface area contributed by atoms with E-state index in [1.807, 2.05) is 0 Å². The lowest BCUT2D eigenvalue weighted by Crippen LogP contribution is -2.26. The summed E-state index contributed by atoms with van der Waals surface area (Å²) >= 11 is 0. The van der Waals surface area contributed by atoms with Gasteiger partial charge in [0, 0.05) is 0 Å². The van der Waals surface area contributed by atoms with E-state index in [1.165, 1.54) is 38.5 Å².